The first-order valence-electron chi connectivity index (χ1n) is 5.93. The predicted octanol–water partition coefficient (Wildman–Crippen LogP) is 3.30. The van der Waals surface area contributed by atoms with Crippen molar-refractivity contribution in [2.45, 2.75) is 13.1 Å². The molecule has 112 valence electrons. The number of halogens is 4. The molecule has 2 aromatic rings. The van der Waals surface area contributed by atoms with E-state index in [1.807, 2.05) is 0 Å². The van der Waals surface area contributed by atoms with E-state index in [2.05, 4.69) is 5.10 Å². The number of alkyl halides is 3. The number of hydrogen-bond donors (Lipinski definition) is 0. The van der Waals surface area contributed by atoms with Gasteiger partial charge in [-0.15, -0.1) is 0 Å². The summed E-state index contributed by atoms with van der Waals surface area (Å²) in [4.78, 5) is 12.0. The molecule has 1 aromatic carbocycles. The van der Waals surface area contributed by atoms with Crippen LogP contribution in [0.15, 0.2) is 35.3 Å². The van der Waals surface area contributed by atoms with Crippen LogP contribution in [0.5, 0.6) is 5.75 Å². The summed E-state index contributed by atoms with van der Waals surface area (Å²) in [7, 11) is 0. The van der Waals surface area contributed by atoms with Crippen molar-refractivity contribution in [2.75, 3.05) is 6.61 Å². The van der Waals surface area contributed by atoms with E-state index in [4.69, 9.17) is 16.3 Å². The molecule has 4 nitrogen and oxygen atoms in total. The number of nitrogens with zero attached hydrogens (tertiary/aromatic N) is 2. The zero-order valence-electron chi connectivity index (χ0n) is 10.8. The Bertz CT molecular complexity index is 713. The van der Waals surface area contributed by atoms with Gasteiger partial charge in [-0.3, -0.25) is 4.79 Å². The van der Waals surface area contributed by atoms with Gasteiger partial charge in [-0.05, 0) is 25.1 Å². The van der Waals surface area contributed by atoms with Crippen molar-refractivity contribution in [3.05, 3.63) is 51.4 Å². The molecular formula is C13H10ClF3N2O2. The first kappa shape index (κ1) is 15.4. The van der Waals surface area contributed by atoms with Crippen molar-refractivity contribution in [2.24, 2.45) is 0 Å². The molecule has 0 saturated heterocycles. The highest BCUT2D eigenvalue weighted by molar-refractivity contribution is 6.31. The van der Waals surface area contributed by atoms with Crippen molar-refractivity contribution in [1.29, 1.82) is 0 Å². The fourth-order valence-electron chi connectivity index (χ4n) is 1.67. The van der Waals surface area contributed by atoms with Crippen LogP contribution in [0.4, 0.5) is 13.2 Å². The average Bonchev–Trinajstić information content (AvgIpc) is 2.43. The Morgan fingerprint density at radius 3 is 2.71 bits per heavy atom. The molecule has 0 radical (unpaired) electrons. The van der Waals surface area contributed by atoms with Crippen LogP contribution in [0.25, 0.3) is 5.69 Å². The van der Waals surface area contributed by atoms with Crippen molar-refractivity contribution in [3.8, 4) is 11.4 Å². The molecule has 21 heavy (non-hydrogen) atoms. The molecule has 0 aliphatic heterocycles. The Morgan fingerprint density at radius 2 is 2.10 bits per heavy atom. The lowest BCUT2D eigenvalue weighted by Crippen LogP contribution is -2.22. The predicted molar refractivity (Wildman–Crippen MR) is 71.0 cm³/mol. The molecule has 0 bridgehead atoms. The van der Waals surface area contributed by atoms with Crippen LogP contribution in [-0.2, 0) is 6.18 Å². The molecule has 0 unspecified atom stereocenters. The number of ether oxygens (including phenoxy) is 1. The van der Waals surface area contributed by atoms with Gasteiger partial charge in [0.1, 0.15) is 0 Å². The van der Waals surface area contributed by atoms with E-state index >= 15 is 0 Å². The summed E-state index contributed by atoms with van der Waals surface area (Å²) < 4.78 is 43.9. The highest BCUT2D eigenvalue weighted by atomic mass is 35.5. The van der Waals surface area contributed by atoms with Crippen molar-refractivity contribution in [3.63, 3.8) is 0 Å². The summed E-state index contributed by atoms with van der Waals surface area (Å²) in [5.41, 5.74) is -1.65. The lowest BCUT2D eigenvalue weighted by Gasteiger charge is -2.11. The highest BCUT2D eigenvalue weighted by Crippen LogP contribution is 2.30. The van der Waals surface area contributed by atoms with Crippen LogP contribution >= 0.6 is 11.6 Å². The number of aromatic nitrogens is 2. The third kappa shape index (κ3) is 3.18. The largest absolute Gasteiger partial charge is 0.490 e. The van der Waals surface area contributed by atoms with Gasteiger partial charge in [-0.25, -0.2) is 0 Å². The monoisotopic (exact) mass is 318 g/mol. The second-order valence-electron chi connectivity index (χ2n) is 4.02. The molecule has 1 heterocycles. The van der Waals surface area contributed by atoms with Gasteiger partial charge < -0.3 is 4.74 Å². The lowest BCUT2D eigenvalue weighted by molar-refractivity contribution is -0.137. The van der Waals surface area contributed by atoms with Gasteiger partial charge in [-0.1, -0.05) is 17.7 Å². The second kappa shape index (κ2) is 5.77. The van der Waals surface area contributed by atoms with Gasteiger partial charge in [0.15, 0.2) is 10.8 Å². The molecule has 8 heteroatoms. The molecule has 0 aliphatic rings. The van der Waals surface area contributed by atoms with Crippen LogP contribution in [0.1, 0.15) is 12.5 Å². The Morgan fingerprint density at radius 1 is 1.38 bits per heavy atom. The average molecular weight is 319 g/mol. The van der Waals surface area contributed by atoms with Gasteiger partial charge in [0.2, 0.25) is 0 Å². The molecule has 0 atom stereocenters. The fraction of sp³-hybridized carbons (Fsp3) is 0.231. The van der Waals surface area contributed by atoms with E-state index in [0.29, 0.717) is 0 Å². The number of benzene rings is 1. The molecule has 2 rings (SSSR count). The van der Waals surface area contributed by atoms with Crippen LogP contribution in [0, 0.1) is 0 Å². The van der Waals surface area contributed by atoms with E-state index in [9.17, 15) is 18.0 Å². The molecule has 1 aromatic heterocycles. The molecular weight excluding hydrogens is 309 g/mol. The third-order valence-corrected chi connectivity index (χ3v) is 2.95. The summed E-state index contributed by atoms with van der Waals surface area (Å²) >= 11 is 5.84. The summed E-state index contributed by atoms with van der Waals surface area (Å²) in [6, 6.07) is 4.26. The topological polar surface area (TPSA) is 44.1 Å². The van der Waals surface area contributed by atoms with Crippen LogP contribution in [0.2, 0.25) is 5.02 Å². The summed E-state index contributed by atoms with van der Waals surface area (Å²) in [5.74, 6) is 0.0902. The smallest absolute Gasteiger partial charge is 0.416 e. The maximum absolute atomic E-state index is 12.7. The Balaban J connectivity index is 2.53. The van der Waals surface area contributed by atoms with Crippen LogP contribution < -0.4 is 10.3 Å². The van der Waals surface area contributed by atoms with Gasteiger partial charge >= 0.3 is 6.18 Å². The van der Waals surface area contributed by atoms with E-state index in [-0.39, 0.29) is 23.1 Å². The SMILES string of the molecule is CCOc1cnn(-c2cccc(C(F)(F)F)c2)c(=O)c1Cl. The zero-order chi connectivity index (χ0) is 15.6. The summed E-state index contributed by atoms with van der Waals surface area (Å²) in [5, 5.41) is 3.55. The van der Waals surface area contributed by atoms with Gasteiger partial charge in [0.25, 0.3) is 5.56 Å². The quantitative estimate of drug-likeness (QED) is 0.872. The molecule has 0 aliphatic carbocycles. The third-order valence-electron chi connectivity index (χ3n) is 2.60. The summed E-state index contributed by atoms with van der Waals surface area (Å²) in [6.45, 7) is 1.99. The zero-order valence-corrected chi connectivity index (χ0v) is 11.6. The van der Waals surface area contributed by atoms with Crippen molar-refractivity contribution < 1.29 is 17.9 Å². The van der Waals surface area contributed by atoms with Crippen molar-refractivity contribution >= 4 is 11.6 Å². The van der Waals surface area contributed by atoms with E-state index in [1.54, 1.807) is 6.92 Å². The molecule has 0 amide bonds. The van der Waals surface area contributed by atoms with Gasteiger partial charge in [0.05, 0.1) is 24.1 Å². The first-order chi connectivity index (χ1) is 9.84. The lowest BCUT2D eigenvalue weighted by atomic mass is 10.2. The fourth-order valence-corrected chi connectivity index (χ4v) is 1.86. The van der Waals surface area contributed by atoms with Crippen LogP contribution in [-0.4, -0.2) is 16.4 Å². The van der Waals surface area contributed by atoms with Crippen LogP contribution in [0.3, 0.4) is 0 Å². The Hall–Kier alpha value is -2.02. The summed E-state index contributed by atoms with van der Waals surface area (Å²) in [6.07, 6.45) is -3.32. The molecule has 0 spiro atoms. The van der Waals surface area contributed by atoms with Gasteiger partial charge in [-0.2, -0.15) is 23.0 Å². The van der Waals surface area contributed by atoms with E-state index < -0.39 is 17.3 Å². The standard InChI is InChI=1S/C13H10ClF3N2O2/c1-2-21-10-7-18-19(12(20)11(10)14)9-5-3-4-8(6-9)13(15,16)17/h3-7H,2H2,1H3. The van der Waals surface area contributed by atoms with E-state index in [1.165, 1.54) is 18.3 Å². The molecule has 0 fully saturated rings. The minimum absolute atomic E-state index is 0.0280. The first-order valence-corrected chi connectivity index (χ1v) is 6.30. The number of hydrogen-bond acceptors (Lipinski definition) is 3. The maximum atomic E-state index is 12.7. The normalized spacial score (nSPS) is 11.5. The van der Waals surface area contributed by atoms with Crippen molar-refractivity contribution in [1.82, 2.24) is 9.78 Å². The minimum Gasteiger partial charge on any atom is -0.490 e. The number of rotatable bonds is 3. The van der Waals surface area contributed by atoms with Gasteiger partial charge in [0, 0.05) is 0 Å². The molecule has 0 N–H and O–H groups in total. The maximum Gasteiger partial charge on any atom is 0.416 e. The van der Waals surface area contributed by atoms with E-state index in [0.717, 1.165) is 16.8 Å². The second-order valence-corrected chi connectivity index (χ2v) is 4.40. The minimum atomic E-state index is -4.51. The highest BCUT2D eigenvalue weighted by Gasteiger charge is 2.30. The molecule has 0 saturated carbocycles. The Kier molecular flexibility index (Phi) is 4.22. The Labute approximate surface area is 122 Å².